The Morgan fingerprint density at radius 3 is 2.50 bits per heavy atom. The summed E-state index contributed by atoms with van der Waals surface area (Å²) in [5.41, 5.74) is 1.71. The second-order valence-corrected chi connectivity index (χ2v) is 6.28. The van der Waals surface area contributed by atoms with Gasteiger partial charge in [-0.05, 0) is 43.8 Å². The summed E-state index contributed by atoms with van der Waals surface area (Å²) >= 11 is 5.48. The SMILES string of the molecule is COC[C@H](C)N1C(=S)N[C@@H](c2ccc([N+](=O)[O-])cc2)C(C(=O)OC)=C1C. The van der Waals surface area contributed by atoms with Crippen LogP contribution in [-0.2, 0) is 14.3 Å². The van der Waals surface area contributed by atoms with Crippen LogP contribution >= 0.6 is 12.2 Å². The number of non-ortho nitro benzene ring substituents is 1. The van der Waals surface area contributed by atoms with Gasteiger partial charge in [0.15, 0.2) is 5.11 Å². The molecule has 0 bridgehead atoms. The molecule has 0 spiro atoms. The Balaban J connectivity index is 2.50. The van der Waals surface area contributed by atoms with Gasteiger partial charge in [-0.2, -0.15) is 0 Å². The molecule has 1 aliphatic heterocycles. The van der Waals surface area contributed by atoms with E-state index in [1.807, 2.05) is 11.8 Å². The van der Waals surface area contributed by atoms with Gasteiger partial charge in [0.1, 0.15) is 0 Å². The van der Waals surface area contributed by atoms with Crippen molar-refractivity contribution in [2.45, 2.75) is 25.9 Å². The lowest BCUT2D eigenvalue weighted by Gasteiger charge is -2.40. The van der Waals surface area contributed by atoms with Crippen LogP contribution in [0.5, 0.6) is 0 Å². The van der Waals surface area contributed by atoms with E-state index in [9.17, 15) is 14.9 Å². The van der Waals surface area contributed by atoms with Crippen molar-refractivity contribution in [2.24, 2.45) is 0 Å². The first kappa shape index (κ1) is 19.8. The van der Waals surface area contributed by atoms with Crippen LogP contribution in [-0.4, -0.2) is 47.8 Å². The maximum Gasteiger partial charge on any atom is 0.337 e. The summed E-state index contributed by atoms with van der Waals surface area (Å²) in [4.78, 5) is 24.6. The second kappa shape index (κ2) is 8.24. The molecule has 1 aromatic rings. The number of carbonyl (C=O) groups excluding carboxylic acids is 1. The van der Waals surface area contributed by atoms with Crippen molar-refractivity contribution in [3.05, 3.63) is 51.2 Å². The molecule has 2 atom stereocenters. The van der Waals surface area contributed by atoms with Crippen LogP contribution in [0.1, 0.15) is 25.5 Å². The molecule has 1 aromatic carbocycles. The van der Waals surface area contributed by atoms with Crippen LogP contribution in [0.4, 0.5) is 5.69 Å². The van der Waals surface area contributed by atoms with Gasteiger partial charge in [-0.3, -0.25) is 10.1 Å². The number of hydrogen-bond acceptors (Lipinski definition) is 6. The number of carbonyl (C=O) groups is 1. The molecule has 1 aliphatic rings. The molecule has 0 radical (unpaired) electrons. The molecule has 0 saturated heterocycles. The zero-order valence-electron chi connectivity index (χ0n) is 15.0. The van der Waals surface area contributed by atoms with Crippen LogP contribution in [0, 0.1) is 10.1 Å². The normalized spacial score (nSPS) is 18.4. The number of allylic oxidation sites excluding steroid dienone is 1. The van der Waals surface area contributed by atoms with E-state index >= 15 is 0 Å². The molecule has 0 fully saturated rings. The van der Waals surface area contributed by atoms with Crippen molar-refractivity contribution in [3.63, 3.8) is 0 Å². The largest absolute Gasteiger partial charge is 0.466 e. The lowest BCUT2D eigenvalue weighted by Crippen LogP contribution is -2.52. The Hall–Kier alpha value is -2.52. The van der Waals surface area contributed by atoms with Crippen molar-refractivity contribution in [1.82, 2.24) is 10.2 Å². The highest BCUT2D eigenvalue weighted by molar-refractivity contribution is 7.80. The van der Waals surface area contributed by atoms with Crippen LogP contribution < -0.4 is 5.32 Å². The summed E-state index contributed by atoms with van der Waals surface area (Å²) in [7, 11) is 2.90. The van der Waals surface area contributed by atoms with E-state index in [0.29, 0.717) is 28.6 Å². The highest BCUT2D eigenvalue weighted by Crippen LogP contribution is 2.33. The van der Waals surface area contributed by atoms with Crippen LogP contribution in [0.2, 0.25) is 0 Å². The lowest BCUT2D eigenvalue weighted by atomic mass is 9.94. The third-order valence-electron chi connectivity index (χ3n) is 4.22. The van der Waals surface area contributed by atoms with E-state index in [4.69, 9.17) is 21.7 Å². The smallest absolute Gasteiger partial charge is 0.337 e. The number of nitrogens with zero attached hydrogens (tertiary/aromatic N) is 2. The maximum absolute atomic E-state index is 12.4. The summed E-state index contributed by atoms with van der Waals surface area (Å²) in [5.74, 6) is -0.490. The fourth-order valence-corrected chi connectivity index (χ4v) is 3.45. The van der Waals surface area contributed by atoms with Gasteiger partial charge >= 0.3 is 5.97 Å². The van der Waals surface area contributed by atoms with Gasteiger partial charge in [0, 0.05) is 24.9 Å². The Labute approximate surface area is 156 Å². The average molecular weight is 379 g/mol. The summed E-state index contributed by atoms with van der Waals surface area (Å²) < 4.78 is 10.1. The molecule has 0 aromatic heterocycles. The van der Waals surface area contributed by atoms with E-state index < -0.39 is 16.9 Å². The average Bonchev–Trinajstić information content (AvgIpc) is 2.61. The molecule has 0 aliphatic carbocycles. The number of ether oxygens (including phenoxy) is 2. The Bertz CT molecular complexity index is 747. The number of benzene rings is 1. The first-order chi connectivity index (χ1) is 12.3. The van der Waals surface area contributed by atoms with Gasteiger partial charge in [-0.15, -0.1) is 0 Å². The molecule has 2 rings (SSSR count). The molecule has 8 nitrogen and oxygen atoms in total. The number of hydrogen-bond donors (Lipinski definition) is 1. The van der Waals surface area contributed by atoms with Gasteiger partial charge in [0.25, 0.3) is 5.69 Å². The number of esters is 1. The van der Waals surface area contributed by atoms with Crippen molar-refractivity contribution >= 4 is 29.0 Å². The zero-order valence-corrected chi connectivity index (χ0v) is 15.8. The van der Waals surface area contributed by atoms with Crippen molar-refractivity contribution < 1.29 is 19.2 Å². The fourth-order valence-electron chi connectivity index (χ4n) is 3.02. The van der Waals surface area contributed by atoms with Crippen LogP contribution in [0.15, 0.2) is 35.5 Å². The molecule has 1 heterocycles. The number of methoxy groups -OCH3 is 2. The monoisotopic (exact) mass is 379 g/mol. The van der Waals surface area contributed by atoms with E-state index in [0.717, 1.165) is 0 Å². The minimum Gasteiger partial charge on any atom is -0.466 e. The highest BCUT2D eigenvalue weighted by Gasteiger charge is 2.36. The Morgan fingerprint density at radius 1 is 1.38 bits per heavy atom. The summed E-state index contributed by atoms with van der Waals surface area (Å²) in [6, 6.07) is 5.35. The predicted molar refractivity (Wildman–Crippen MR) is 99.5 cm³/mol. The number of nitro groups is 1. The summed E-state index contributed by atoms with van der Waals surface area (Å²) in [5, 5.41) is 14.4. The molecule has 0 unspecified atom stereocenters. The first-order valence-corrected chi connectivity index (χ1v) is 8.34. The third-order valence-corrected chi connectivity index (χ3v) is 4.53. The van der Waals surface area contributed by atoms with E-state index in [2.05, 4.69) is 5.32 Å². The van der Waals surface area contributed by atoms with Crippen molar-refractivity contribution in [1.29, 1.82) is 0 Å². The van der Waals surface area contributed by atoms with Gasteiger partial charge in [0.2, 0.25) is 0 Å². The zero-order chi connectivity index (χ0) is 19.4. The summed E-state index contributed by atoms with van der Waals surface area (Å²) in [6.07, 6.45) is 0. The Morgan fingerprint density at radius 2 is 2.00 bits per heavy atom. The first-order valence-electron chi connectivity index (χ1n) is 7.93. The molecule has 1 N–H and O–H groups in total. The molecular formula is C17H21N3O5S. The highest BCUT2D eigenvalue weighted by atomic mass is 32.1. The topological polar surface area (TPSA) is 93.9 Å². The predicted octanol–water partition coefficient (Wildman–Crippen LogP) is 2.31. The van der Waals surface area contributed by atoms with Gasteiger partial charge in [0.05, 0.1) is 36.3 Å². The number of rotatable bonds is 6. The van der Waals surface area contributed by atoms with Crippen molar-refractivity contribution in [2.75, 3.05) is 20.8 Å². The molecule has 0 amide bonds. The van der Waals surface area contributed by atoms with Crippen LogP contribution in [0.25, 0.3) is 0 Å². The van der Waals surface area contributed by atoms with Gasteiger partial charge < -0.3 is 19.7 Å². The minimum atomic E-state index is -0.554. The second-order valence-electron chi connectivity index (χ2n) is 5.90. The number of thiocarbonyl (C=S) groups is 1. The lowest BCUT2D eigenvalue weighted by molar-refractivity contribution is -0.384. The van der Waals surface area contributed by atoms with Crippen LogP contribution in [0.3, 0.4) is 0 Å². The molecule has 9 heteroatoms. The van der Waals surface area contributed by atoms with E-state index in [-0.39, 0.29) is 11.7 Å². The molecular weight excluding hydrogens is 358 g/mol. The Kier molecular flexibility index (Phi) is 6.27. The molecule has 0 saturated carbocycles. The quantitative estimate of drug-likeness (QED) is 0.348. The maximum atomic E-state index is 12.4. The van der Waals surface area contributed by atoms with Gasteiger partial charge in [-0.25, -0.2) is 4.79 Å². The van der Waals surface area contributed by atoms with E-state index in [1.165, 1.54) is 19.2 Å². The fraction of sp³-hybridized carbons (Fsp3) is 0.412. The number of nitrogens with one attached hydrogen (secondary N) is 1. The minimum absolute atomic E-state index is 0.0252. The number of nitro benzene ring substituents is 1. The van der Waals surface area contributed by atoms with Crippen molar-refractivity contribution in [3.8, 4) is 0 Å². The summed E-state index contributed by atoms with van der Waals surface area (Å²) in [6.45, 7) is 4.15. The standard InChI is InChI=1S/C17H21N3O5S/c1-10(9-24-3)19-11(2)14(16(21)25-4)15(18-17(19)26)12-5-7-13(8-6-12)20(22)23/h5-8,10,15H,9H2,1-4H3,(H,18,26)/t10-,15-/m0/s1. The van der Waals surface area contributed by atoms with Gasteiger partial charge in [-0.1, -0.05) is 0 Å². The molecule has 26 heavy (non-hydrogen) atoms. The van der Waals surface area contributed by atoms with E-state index in [1.54, 1.807) is 26.2 Å². The third kappa shape index (κ3) is 3.83. The molecule has 140 valence electrons.